The number of ether oxygens (including phenoxy) is 2. The topological polar surface area (TPSA) is 35.5 Å². The van der Waals surface area contributed by atoms with E-state index in [4.69, 9.17) is 4.74 Å². The fourth-order valence-electron chi connectivity index (χ4n) is 1.68. The van der Waals surface area contributed by atoms with Crippen molar-refractivity contribution >= 4 is 5.97 Å². The molecule has 0 unspecified atom stereocenters. The third-order valence-electron chi connectivity index (χ3n) is 2.79. The zero-order chi connectivity index (χ0) is 13.2. The van der Waals surface area contributed by atoms with Gasteiger partial charge >= 0.3 is 5.97 Å². The standard InChI is InChI=1S/C15H22O3/c1-3-4-5-6-11-18-12-13-7-9-14(10-8-13)15(16)17-2/h7-10H,3-6,11-12H2,1-2H3. The number of carbonyl (C=O) groups excluding carboxylic acids is 1. The van der Waals surface area contributed by atoms with Gasteiger partial charge < -0.3 is 9.47 Å². The average Bonchev–Trinajstić information content (AvgIpc) is 2.42. The molecule has 3 nitrogen and oxygen atoms in total. The number of benzene rings is 1. The number of rotatable bonds is 8. The Kier molecular flexibility index (Phi) is 7.11. The molecule has 0 radical (unpaired) electrons. The SMILES string of the molecule is CCCCCCOCc1ccc(C(=O)OC)cc1. The smallest absolute Gasteiger partial charge is 0.337 e. The minimum Gasteiger partial charge on any atom is -0.465 e. The summed E-state index contributed by atoms with van der Waals surface area (Å²) in [7, 11) is 1.38. The summed E-state index contributed by atoms with van der Waals surface area (Å²) in [5.74, 6) is -0.304. The monoisotopic (exact) mass is 250 g/mol. The van der Waals surface area contributed by atoms with Crippen molar-refractivity contribution in [1.29, 1.82) is 0 Å². The number of hydrogen-bond donors (Lipinski definition) is 0. The van der Waals surface area contributed by atoms with Crippen molar-refractivity contribution in [3.05, 3.63) is 35.4 Å². The third-order valence-corrected chi connectivity index (χ3v) is 2.79. The average molecular weight is 250 g/mol. The first-order valence-electron chi connectivity index (χ1n) is 6.53. The Balaban J connectivity index is 2.25. The summed E-state index contributed by atoms with van der Waals surface area (Å²) in [6.07, 6.45) is 4.87. The Morgan fingerprint density at radius 2 is 1.83 bits per heavy atom. The van der Waals surface area contributed by atoms with Crippen LogP contribution in [0, 0.1) is 0 Å². The van der Waals surface area contributed by atoms with Crippen LogP contribution in [0.4, 0.5) is 0 Å². The molecule has 1 aromatic carbocycles. The predicted octanol–water partition coefficient (Wildman–Crippen LogP) is 3.57. The van der Waals surface area contributed by atoms with Crippen LogP contribution in [0.5, 0.6) is 0 Å². The van der Waals surface area contributed by atoms with Crippen molar-refractivity contribution in [3.63, 3.8) is 0 Å². The van der Waals surface area contributed by atoms with E-state index >= 15 is 0 Å². The van der Waals surface area contributed by atoms with E-state index in [-0.39, 0.29) is 5.97 Å². The molecule has 0 aromatic heterocycles. The second kappa shape index (κ2) is 8.70. The highest BCUT2D eigenvalue weighted by Gasteiger charge is 2.03. The van der Waals surface area contributed by atoms with E-state index in [0.717, 1.165) is 18.6 Å². The minimum absolute atomic E-state index is 0.304. The molecule has 0 aliphatic heterocycles. The van der Waals surface area contributed by atoms with Gasteiger partial charge in [-0.15, -0.1) is 0 Å². The second-order valence-electron chi connectivity index (χ2n) is 4.30. The van der Waals surface area contributed by atoms with Gasteiger partial charge in [-0.25, -0.2) is 4.79 Å². The molecule has 1 aromatic rings. The van der Waals surface area contributed by atoms with Gasteiger partial charge in [0.15, 0.2) is 0 Å². The molecule has 0 saturated heterocycles. The molecule has 0 saturated carbocycles. The highest BCUT2D eigenvalue weighted by atomic mass is 16.5. The molecule has 0 aliphatic carbocycles. The Bertz CT molecular complexity index is 343. The lowest BCUT2D eigenvalue weighted by Gasteiger charge is -2.05. The first-order chi connectivity index (χ1) is 8.77. The van der Waals surface area contributed by atoms with Crippen molar-refractivity contribution in [2.24, 2.45) is 0 Å². The first kappa shape index (κ1) is 14.7. The number of esters is 1. The summed E-state index contributed by atoms with van der Waals surface area (Å²) in [6.45, 7) is 3.61. The molecule has 0 N–H and O–H groups in total. The molecule has 0 fully saturated rings. The molecule has 100 valence electrons. The maximum Gasteiger partial charge on any atom is 0.337 e. The third kappa shape index (κ3) is 5.32. The Hall–Kier alpha value is -1.35. The molecule has 3 heteroatoms. The van der Waals surface area contributed by atoms with Crippen LogP contribution in [0.1, 0.15) is 48.5 Å². The number of unbranched alkanes of at least 4 members (excludes halogenated alkanes) is 3. The molecular weight excluding hydrogens is 228 g/mol. The predicted molar refractivity (Wildman–Crippen MR) is 71.6 cm³/mol. The normalized spacial score (nSPS) is 10.3. The van der Waals surface area contributed by atoms with Crippen molar-refractivity contribution in [2.45, 2.75) is 39.2 Å². The largest absolute Gasteiger partial charge is 0.465 e. The molecule has 0 spiro atoms. The van der Waals surface area contributed by atoms with Gasteiger partial charge in [0.25, 0.3) is 0 Å². The van der Waals surface area contributed by atoms with Gasteiger partial charge in [-0.3, -0.25) is 0 Å². The van der Waals surface area contributed by atoms with E-state index in [0.29, 0.717) is 12.2 Å². The van der Waals surface area contributed by atoms with E-state index in [1.807, 2.05) is 12.1 Å². The lowest BCUT2D eigenvalue weighted by Crippen LogP contribution is -2.01. The first-order valence-corrected chi connectivity index (χ1v) is 6.53. The van der Waals surface area contributed by atoms with Crippen molar-refractivity contribution in [1.82, 2.24) is 0 Å². The van der Waals surface area contributed by atoms with E-state index in [2.05, 4.69) is 11.7 Å². The Morgan fingerprint density at radius 1 is 1.11 bits per heavy atom. The highest BCUT2D eigenvalue weighted by Crippen LogP contribution is 2.07. The molecule has 0 heterocycles. The summed E-state index contributed by atoms with van der Waals surface area (Å²) in [4.78, 5) is 11.2. The zero-order valence-electron chi connectivity index (χ0n) is 11.3. The number of hydrogen-bond acceptors (Lipinski definition) is 3. The quantitative estimate of drug-likeness (QED) is 0.522. The highest BCUT2D eigenvalue weighted by molar-refractivity contribution is 5.89. The van der Waals surface area contributed by atoms with E-state index in [1.165, 1.54) is 26.4 Å². The minimum atomic E-state index is -0.304. The van der Waals surface area contributed by atoms with E-state index < -0.39 is 0 Å². The number of methoxy groups -OCH3 is 1. The van der Waals surface area contributed by atoms with Crippen molar-refractivity contribution in [2.75, 3.05) is 13.7 Å². The molecule has 0 bridgehead atoms. The maximum absolute atomic E-state index is 11.2. The van der Waals surface area contributed by atoms with Crippen LogP contribution in [-0.4, -0.2) is 19.7 Å². The fourth-order valence-corrected chi connectivity index (χ4v) is 1.68. The molecule has 0 atom stereocenters. The van der Waals surface area contributed by atoms with Crippen LogP contribution in [0.2, 0.25) is 0 Å². The van der Waals surface area contributed by atoms with Crippen LogP contribution in [0.3, 0.4) is 0 Å². The van der Waals surface area contributed by atoms with E-state index in [9.17, 15) is 4.79 Å². The lowest BCUT2D eigenvalue weighted by atomic mass is 10.1. The van der Waals surface area contributed by atoms with Crippen molar-refractivity contribution < 1.29 is 14.3 Å². The molecule has 18 heavy (non-hydrogen) atoms. The summed E-state index contributed by atoms with van der Waals surface area (Å²) in [6, 6.07) is 7.33. The molecule has 0 amide bonds. The summed E-state index contributed by atoms with van der Waals surface area (Å²) >= 11 is 0. The van der Waals surface area contributed by atoms with Gasteiger partial charge in [0.2, 0.25) is 0 Å². The summed E-state index contributed by atoms with van der Waals surface area (Å²) in [5.41, 5.74) is 1.65. The Morgan fingerprint density at radius 3 is 2.44 bits per heavy atom. The fraction of sp³-hybridized carbons (Fsp3) is 0.533. The van der Waals surface area contributed by atoms with Crippen molar-refractivity contribution in [3.8, 4) is 0 Å². The Labute approximate surface area is 109 Å². The maximum atomic E-state index is 11.2. The van der Waals surface area contributed by atoms with Crippen LogP contribution < -0.4 is 0 Å². The zero-order valence-corrected chi connectivity index (χ0v) is 11.3. The number of carbonyl (C=O) groups is 1. The van der Waals surface area contributed by atoms with Crippen LogP contribution >= 0.6 is 0 Å². The lowest BCUT2D eigenvalue weighted by molar-refractivity contribution is 0.0600. The van der Waals surface area contributed by atoms with Crippen LogP contribution in [-0.2, 0) is 16.1 Å². The van der Waals surface area contributed by atoms with Crippen LogP contribution in [0.25, 0.3) is 0 Å². The van der Waals surface area contributed by atoms with Gasteiger partial charge in [0.05, 0.1) is 19.3 Å². The summed E-state index contributed by atoms with van der Waals surface area (Å²) in [5, 5.41) is 0. The molecule has 0 aliphatic rings. The summed E-state index contributed by atoms with van der Waals surface area (Å²) < 4.78 is 10.2. The molecule has 1 rings (SSSR count). The second-order valence-corrected chi connectivity index (χ2v) is 4.30. The van der Waals surface area contributed by atoms with E-state index in [1.54, 1.807) is 12.1 Å². The molecular formula is C15H22O3. The van der Waals surface area contributed by atoms with Gasteiger partial charge in [-0.2, -0.15) is 0 Å². The van der Waals surface area contributed by atoms with Gasteiger partial charge in [-0.05, 0) is 24.1 Å². The van der Waals surface area contributed by atoms with Gasteiger partial charge in [-0.1, -0.05) is 38.3 Å². The van der Waals surface area contributed by atoms with Gasteiger partial charge in [0, 0.05) is 6.61 Å². The van der Waals surface area contributed by atoms with Gasteiger partial charge in [0.1, 0.15) is 0 Å². The van der Waals surface area contributed by atoms with Crippen LogP contribution in [0.15, 0.2) is 24.3 Å².